The van der Waals surface area contributed by atoms with Gasteiger partial charge >= 0.3 is 0 Å². The Bertz CT molecular complexity index is 322. The number of aromatic nitrogens is 1. The predicted molar refractivity (Wildman–Crippen MR) is 62.8 cm³/mol. The molecule has 1 aromatic rings. The van der Waals surface area contributed by atoms with Crippen LogP contribution in [0.5, 0.6) is 0 Å². The Morgan fingerprint density at radius 2 is 2.31 bits per heavy atom. The number of pyridine rings is 1. The quantitative estimate of drug-likeness (QED) is 0.819. The van der Waals surface area contributed by atoms with Crippen molar-refractivity contribution in [2.24, 2.45) is 5.73 Å². The molecule has 0 saturated carbocycles. The van der Waals surface area contributed by atoms with Crippen LogP contribution in [0.15, 0.2) is 18.3 Å². The summed E-state index contributed by atoms with van der Waals surface area (Å²) in [4.78, 5) is 6.71. The molecular weight excluding hydrogens is 202 g/mol. The van der Waals surface area contributed by atoms with E-state index in [0.717, 1.165) is 45.0 Å². The Hall–Kier alpha value is -0.970. The summed E-state index contributed by atoms with van der Waals surface area (Å²) in [6.45, 7) is 5.26. The molecule has 1 aromatic heterocycles. The molecule has 2 N–H and O–H groups in total. The van der Waals surface area contributed by atoms with E-state index in [1.54, 1.807) is 6.20 Å². The smallest absolute Gasteiger partial charge is 0.0593 e. The highest BCUT2D eigenvalue weighted by Crippen LogP contribution is 2.10. The minimum Gasteiger partial charge on any atom is -0.380 e. The summed E-state index contributed by atoms with van der Waals surface area (Å²) in [5.41, 5.74) is 7.93. The van der Waals surface area contributed by atoms with Gasteiger partial charge in [0.1, 0.15) is 0 Å². The zero-order valence-electron chi connectivity index (χ0n) is 9.56. The lowest BCUT2D eigenvalue weighted by Gasteiger charge is -2.20. The number of hydrogen-bond acceptors (Lipinski definition) is 4. The third-order valence-electron chi connectivity index (χ3n) is 2.89. The van der Waals surface area contributed by atoms with Gasteiger partial charge in [0.15, 0.2) is 0 Å². The highest BCUT2D eigenvalue weighted by molar-refractivity contribution is 5.19. The molecule has 0 radical (unpaired) electrons. The van der Waals surface area contributed by atoms with Gasteiger partial charge in [-0.1, -0.05) is 6.07 Å². The normalized spacial score (nSPS) is 18.3. The summed E-state index contributed by atoms with van der Waals surface area (Å²) in [5, 5.41) is 0. The van der Waals surface area contributed by atoms with Crippen LogP contribution in [0.4, 0.5) is 0 Å². The van der Waals surface area contributed by atoms with Crippen molar-refractivity contribution in [3.63, 3.8) is 0 Å². The molecule has 2 heterocycles. The van der Waals surface area contributed by atoms with Gasteiger partial charge in [-0.15, -0.1) is 0 Å². The number of nitrogens with zero attached hydrogens (tertiary/aromatic N) is 2. The molecule has 1 aliphatic rings. The van der Waals surface area contributed by atoms with Gasteiger partial charge < -0.3 is 10.5 Å². The molecule has 0 aliphatic carbocycles. The van der Waals surface area contributed by atoms with Crippen molar-refractivity contribution in [2.45, 2.75) is 19.5 Å². The lowest BCUT2D eigenvalue weighted by Crippen LogP contribution is -2.26. The third-order valence-corrected chi connectivity index (χ3v) is 2.89. The second-order valence-electron chi connectivity index (χ2n) is 4.06. The van der Waals surface area contributed by atoms with E-state index in [1.807, 2.05) is 6.07 Å². The van der Waals surface area contributed by atoms with Crippen LogP contribution < -0.4 is 5.73 Å². The molecule has 0 bridgehead atoms. The SMILES string of the molecule is NCc1ncccc1CN1CCCOCC1. The van der Waals surface area contributed by atoms with Crippen molar-refractivity contribution in [3.05, 3.63) is 29.6 Å². The standard InChI is InChI=1S/C12H19N3O/c13-9-12-11(3-1-4-14-12)10-15-5-2-7-16-8-6-15/h1,3-4H,2,5-10,13H2. The summed E-state index contributed by atoms with van der Waals surface area (Å²) in [6.07, 6.45) is 2.91. The first-order chi connectivity index (χ1) is 7.90. The molecule has 0 aromatic carbocycles. The lowest BCUT2D eigenvalue weighted by atomic mass is 10.1. The van der Waals surface area contributed by atoms with E-state index in [4.69, 9.17) is 10.5 Å². The highest BCUT2D eigenvalue weighted by Gasteiger charge is 2.11. The molecule has 0 unspecified atom stereocenters. The summed E-state index contributed by atoms with van der Waals surface area (Å²) in [5.74, 6) is 0. The van der Waals surface area contributed by atoms with E-state index < -0.39 is 0 Å². The first kappa shape index (κ1) is 11.5. The molecule has 1 aliphatic heterocycles. The largest absolute Gasteiger partial charge is 0.380 e. The van der Waals surface area contributed by atoms with Gasteiger partial charge in [-0.2, -0.15) is 0 Å². The number of ether oxygens (including phenoxy) is 1. The van der Waals surface area contributed by atoms with Crippen LogP contribution in [0.3, 0.4) is 0 Å². The number of nitrogens with two attached hydrogens (primary N) is 1. The van der Waals surface area contributed by atoms with E-state index >= 15 is 0 Å². The van der Waals surface area contributed by atoms with Crippen LogP contribution in [0, 0.1) is 0 Å². The second-order valence-corrected chi connectivity index (χ2v) is 4.06. The summed E-state index contributed by atoms with van der Waals surface area (Å²) < 4.78 is 5.44. The van der Waals surface area contributed by atoms with Crippen molar-refractivity contribution in [1.82, 2.24) is 9.88 Å². The van der Waals surface area contributed by atoms with E-state index in [1.165, 1.54) is 5.56 Å². The topological polar surface area (TPSA) is 51.4 Å². The van der Waals surface area contributed by atoms with E-state index in [2.05, 4.69) is 16.0 Å². The molecule has 0 amide bonds. The van der Waals surface area contributed by atoms with Crippen molar-refractivity contribution in [3.8, 4) is 0 Å². The fourth-order valence-corrected chi connectivity index (χ4v) is 2.00. The third kappa shape index (κ3) is 3.01. The second kappa shape index (κ2) is 5.94. The van der Waals surface area contributed by atoms with Crippen molar-refractivity contribution in [1.29, 1.82) is 0 Å². The van der Waals surface area contributed by atoms with Gasteiger partial charge in [0, 0.05) is 39.0 Å². The zero-order chi connectivity index (χ0) is 11.2. The molecular formula is C12H19N3O. The molecule has 2 rings (SSSR count). The molecule has 1 fully saturated rings. The van der Waals surface area contributed by atoms with Gasteiger partial charge in [-0.25, -0.2) is 0 Å². The monoisotopic (exact) mass is 221 g/mol. The maximum Gasteiger partial charge on any atom is 0.0593 e. The fraction of sp³-hybridized carbons (Fsp3) is 0.583. The van der Waals surface area contributed by atoms with Gasteiger partial charge in [0.25, 0.3) is 0 Å². The molecule has 16 heavy (non-hydrogen) atoms. The first-order valence-electron chi connectivity index (χ1n) is 5.83. The van der Waals surface area contributed by atoms with E-state index in [9.17, 15) is 0 Å². The zero-order valence-corrected chi connectivity index (χ0v) is 9.56. The average molecular weight is 221 g/mol. The minimum absolute atomic E-state index is 0.514. The Morgan fingerprint density at radius 3 is 3.19 bits per heavy atom. The van der Waals surface area contributed by atoms with Crippen LogP contribution >= 0.6 is 0 Å². The van der Waals surface area contributed by atoms with Gasteiger partial charge in [-0.05, 0) is 18.1 Å². The van der Waals surface area contributed by atoms with Crippen molar-refractivity contribution in [2.75, 3.05) is 26.3 Å². The Morgan fingerprint density at radius 1 is 1.38 bits per heavy atom. The predicted octanol–water partition coefficient (Wildman–Crippen LogP) is 0.763. The molecule has 0 atom stereocenters. The van der Waals surface area contributed by atoms with Crippen LogP contribution in [-0.4, -0.2) is 36.2 Å². The van der Waals surface area contributed by atoms with Gasteiger partial charge in [0.2, 0.25) is 0 Å². The minimum atomic E-state index is 0.514. The first-order valence-corrected chi connectivity index (χ1v) is 5.83. The maximum atomic E-state index is 5.68. The van der Waals surface area contributed by atoms with Crippen LogP contribution in [-0.2, 0) is 17.8 Å². The van der Waals surface area contributed by atoms with Gasteiger partial charge in [-0.3, -0.25) is 9.88 Å². The summed E-state index contributed by atoms with van der Waals surface area (Å²) >= 11 is 0. The molecule has 88 valence electrons. The molecule has 1 saturated heterocycles. The highest BCUT2D eigenvalue weighted by atomic mass is 16.5. The van der Waals surface area contributed by atoms with Crippen molar-refractivity contribution < 1.29 is 4.74 Å². The molecule has 4 heteroatoms. The molecule has 4 nitrogen and oxygen atoms in total. The summed E-state index contributed by atoms with van der Waals surface area (Å²) in [7, 11) is 0. The maximum absolute atomic E-state index is 5.68. The Kier molecular flexibility index (Phi) is 4.27. The van der Waals surface area contributed by atoms with Crippen LogP contribution in [0.1, 0.15) is 17.7 Å². The molecule has 0 spiro atoms. The van der Waals surface area contributed by atoms with E-state index in [0.29, 0.717) is 6.54 Å². The van der Waals surface area contributed by atoms with Gasteiger partial charge in [0.05, 0.1) is 12.3 Å². The Labute approximate surface area is 96.4 Å². The van der Waals surface area contributed by atoms with Crippen molar-refractivity contribution >= 4 is 0 Å². The van der Waals surface area contributed by atoms with E-state index in [-0.39, 0.29) is 0 Å². The fourth-order valence-electron chi connectivity index (χ4n) is 2.00. The average Bonchev–Trinajstić information content (AvgIpc) is 2.58. The summed E-state index contributed by atoms with van der Waals surface area (Å²) in [6, 6.07) is 4.09. The number of hydrogen-bond donors (Lipinski definition) is 1. The number of rotatable bonds is 3. The van der Waals surface area contributed by atoms with Crippen LogP contribution in [0.25, 0.3) is 0 Å². The van der Waals surface area contributed by atoms with Crippen LogP contribution in [0.2, 0.25) is 0 Å². The Balaban J connectivity index is 2.01. The lowest BCUT2D eigenvalue weighted by molar-refractivity contribution is 0.140.